The van der Waals surface area contributed by atoms with Crippen molar-refractivity contribution in [3.8, 4) is 0 Å². The van der Waals surface area contributed by atoms with Gasteiger partial charge in [0.2, 0.25) is 5.95 Å². The molecule has 1 aliphatic rings. The first-order valence-electron chi connectivity index (χ1n) is 8.83. The number of anilines is 2. The Morgan fingerprint density at radius 2 is 1.81 bits per heavy atom. The number of aryl methyl sites for hydroxylation is 1. The standard InChI is InChI=1S/C21H21ClN4/c1-15-12-20(26-11-10-17-4-2-3-5-18(17)14-26)25-21(24-15)23-13-16-6-8-19(22)9-7-16/h2-9,12H,10-11,13-14H2,1H3,(H,23,24,25). The molecule has 0 radical (unpaired) electrons. The van der Waals surface area contributed by atoms with Crippen molar-refractivity contribution < 1.29 is 0 Å². The summed E-state index contributed by atoms with van der Waals surface area (Å²) in [5.41, 5.74) is 4.93. The lowest BCUT2D eigenvalue weighted by atomic mass is 10.00. The van der Waals surface area contributed by atoms with Crippen LogP contribution in [0.5, 0.6) is 0 Å². The van der Waals surface area contributed by atoms with Gasteiger partial charge in [-0.2, -0.15) is 4.98 Å². The van der Waals surface area contributed by atoms with Crippen LogP contribution < -0.4 is 10.2 Å². The van der Waals surface area contributed by atoms with Crippen LogP contribution in [0.1, 0.15) is 22.4 Å². The second-order valence-electron chi connectivity index (χ2n) is 6.61. The number of halogens is 1. The predicted molar refractivity (Wildman–Crippen MR) is 107 cm³/mol. The molecular formula is C21H21ClN4. The fourth-order valence-corrected chi connectivity index (χ4v) is 3.39. The molecule has 4 nitrogen and oxygen atoms in total. The van der Waals surface area contributed by atoms with E-state index in [0.717, 1.165) is 41.6 Å². The van der Waals surface area contributed by atoms with Crippen molar-refractivity contribution in [2.45, 2.75) is 26.4 Å². The molecule has 26 heavy (non-hydrogen) atoms. The molecule has 0 spiro atoms. The molecule has 132 valence electrons. The van der Waals surface area contributed by atoms with Crippen molar-refractivity contribution in [1.82, 2.24) is 9.97 Å². The van der Waals surface area contributed by atoms with E-state index in [-0.39, 0.29) is 0 Å². The summed E-state index contributed by atoms with van der Waals surface area (Å²) in [5.74, 6) is 1.64. The number of benzene rings is 2. The number of fused-ring (bicyclic) bond motifs is 1. The fourth-order valence-electron chi connectivity index (χ4n) is 3.27. The van der Waals surface area contributed by atoms with Gasteiger partial charge in [-0.1, -0.05) is 48.0 Å². The Morgan fingerprint density at radius 3 is 2.62 bits per heavy atom. The van der Waals surface area contributed by atoms with E-state index in [0.29, 0.717) is 12.5 Å². The van der Waals surface area contributed by atoms with Gasteiger partial charge < -0.3 is 10.2 Å². The third-order valence-corrected chi connectivity index (χ3v) is 4.91. The van der Waals surface area contributed by atoms with E-state index in [2.05, 4.69) is 45.5 Å². The zero-order valence-electron chi connectivity index (χ0n) is 14.7. The van der Waals surface area contributed by atoms with Crippen LogP contribution in [-0.4, -0.2) is 16.5 Å². The maximum Gasteiger partial charge on any atom is 0.225 e. The number of hydrogen-bond acceptors (Lipinski definition) is 4. The summed E-state index contributed by atoms with van der Waals surface area (Å²) >= 11 is 5.94. The third-order valence-electron chi connectivity index (χ3n) is 4.66. The first-order valence-corrected chi connectivity index (χ1v) is 9.21. The summed E-state index contributed by atoms with van der Waals surface area (Å²) in [7, 11) is 0. The lowest BCUT2D eigenvalue weighted by molar-refractivity contribution is 0.718. The zero-order valence-corrected chi connectivity index (χ0v) is 15.5. The van der Waals surface area contributed by atoms with Gasteiger partial charge in [-0.25, -0.2) is 4.98 Å². The van der Waals surface area contributed by atoms with Gasteiger partial charge in [0.1, 0.15) is 5.82 Å². The Labute approximate surface area is 158 Å². The van der Waals surface area contributed by atoms with Gasteiger partial charge in [-0.05, 0) is 42.2 Å². The fraction of sp³-hybridized carbons (Fsp3) is 0.238. The quantitative estimate of drug-likeness (QED) is 0.733. The molecule has 0 saturated heterocycles. The van der Waals surface area contributed by atoms with Gasteiger partial charge in [0.15, 0.2) is 0 Å². The molecule has 0 bridgehead atoms. The lowest BCUT2D eigenvalue weighted by Gasteiger charge is -2.30. The van der Waals surface area contributed by atoms with E-state index < -0.39 is 0 Å². The Kier molecular flexibility index (Phi) is 4.76. The van der Waals surface area contributed by atoms with Gasteiger partial charge in [0.05, 0.1) is 0 Å². The maximum absolute atomic E-state index is 5.94. The monoisotopic (exact) mass is 364 g/mol. The predicted octanol–water partition coefficient (Wildman–Crippen LogP) is 4.61. The second kappa shape index (κ2) is 7.34. The molecule has 0 atom stereocenters. The van der Waals surface area contributed by atoms with E-state index in [4.69, 9.17) is 16.6 Å². The average Bonchev–Trinajstić information content (AvgIpc) is 2.67. The summed E-state index contributed by atoms with van der Waals surface area (Å²) in [6.07, 6.45) is 1.05. The smallest absolute Gasteiger partial charge is 0.225 e. The van der Waals surface area contributed by atoms with Gasteiger partial charge in [0.25, 0.3) is 0 Å². The minimum absolute atomic E-state index is 0.661. The Balaban J connectivity index is 1.50. The van der Waals surface area contributed by atoms with Crippen molar-refractivity contribution in [3.63, 3.8) is 0 Å². The van der Waals surface area contributed by atoms with Gasteiger partial charge >= 0.3 is 0 Å². The highest BCUT2D eigenvalue weighted by Crippen LogP contribution is 2.24. The molecule has 0 amide bonds. The molecule has 0 aliphatic carbocycles. The van der Waals surface area contributed by atoms with Crippen LogP contribution in [0.25, 0.3) is 0 Å². The summed E-state index contributed by atoms with van der Waals surface area (Å²) in [6, 6.07) is 18.5. The molecule has 1 aromatic heterocycles. The minimum atomic E-state index is 0.661. The molecule has 2 heterocycles. The van der Waals surface area contributed by atoms with Gasteiger partial charge in [-0.3, -0.25) is 0 Å². The largest absolute Gasteiger partial charge is 0.352 e. The Bertz CT molecular complexity index is 908. The van der Waals surface area contributed by atoms with E-state index >= 15 is 0 Å². The van der Waals surface area contributed by atoms with E-state index in [9.17, 15) is 0 Å². The molecule has 3 aromatic rings. The summed E-state index contributed by atoms with van der Waals surface area (Å²) in [6.45, 7) is 4.55. The van der Waals surface area contributed by atoms with Crippen LogP contribution in [0.4, 0.5) is 11.8 Å². The first-order chi connectivity index (χ1) is 12.7. The van der Waals surface area contributed by atoms with Crippen LogP contribution in [0.2, 0.25) is 5.02 Å². The van der Waals surface area contributed by atoms with Gasteiger partial charge in [0, 0.05) is 36.4 Å². The first kappa shape index (κ1) is 16.9. The summed E-state index contributed by atoms with van der Waals surface area (Å²) in [4.78, 5) is 11.6. The number of hydrogen-bond donors (Lipinski definition) is 1. The van der Waals surface area contributed by atoms with E-state index in [1.807, 2.05) is 31.2 Å². The molecule has 2 aromatic carbocycles. The molecule has 0 fully saturated rings. The SMILES string of the molecule is Cc1cc(N2CCc3ccccc3C2)nc(NCc2ccc(Cl)cc2)n1. The number of nitrogens with one attached hydrogen (secondary N) is 1. The van der Waals surface area contributed by atoms with Crippen molar-refractivity contribution in [2.24, 2.45) is 0 Å². The number of nitrogens with zero attached hydrogens (tertiary/aromatic N) is 3. The Hall–Kier alpha value is -2.59. The Morgan fingerprint density at radius 1 is 1.04 bits per heavy atom. The van der Waals surface area contributed by atoms with Crippen molar-refractivity contribution >= 4 is 23.4 Å². The van der Waals surface area contributed by atoms with Crippen molar-refractivity contribution in [1.29, 1.82) is 0 Å². The summed E-state index contributed by atoms with van der Waals surface area (Å²) in [5, 5.41) is 4.07. The minimum Gasteiger partial charge on any atom is -0.352 e. The lowest BCUT2D eigenvalue weighted by Crippen LogP contribution is -2.31. The highest BCUT2D eigenvalue weighted by Gasteiger charge is 2.18. The highest BCUT2D eigenvalue weighted by atomic mass is 35.5. The molecule has 0 unspecified atom stereocenters. The number of rotatable bonds is 4. The molecule has 0 saturated carbocycles. The molecule has 1 aliphatic heterocycles. The topological polar surface area (TPSA) is 41.1 Å². The van der Waals surface area contributed by atoms with Crippen LogP contribution in [0.3, 0.4) is 0 Å². The highest BCUT2D eigenvalue weighted by molar-refractivity contribution is 6.30. The maximum atomic E-state index is 5.94. The molecule has 5 heteroatoms. The van der Waals surface area contributed by atoms with Crippen LogP contribution in [-0.2, 0) is 19.5 Å². The number of aromatic nitrogens is 2. The molecular weight excluding hydrogens is 344 g/mol. The summed E-state index contributed by atoms with van der Waals surface area (Å²) < 4.78 is 0. The average molecular weight is 365 g/mol. The van der Waals surface area contributed by atoms with E-state index in [1.165, 1.54) is 11.1 Å². The van der Waals surface area contributed by atoms with Crippen molar-refractivity contribution in [3.05, 3.63) is 82.0 Å². The van der Waals surface area contributed by atoms with Crippen LogP contribution in [0.15, 0.2) is 54.6 Å². The van der Waals surface area contributed by atoms with E-state index in [1.54, 1.807) is 0 Å². The van der Waals surface area contributed by atoms with Crippen molar-refractivity contribution in [2.75, 3.05) is 16.8 Å². The molecule has 4 rings (SSSR count). The van der Waals surface area contributed by atoms with Crippen LogP contribution >= 0.6 is 11.6 Å². The molecule has 1 N–H and O–H groups in total. The second-order valence-corrected chi connectivity index (χ2v) is 7.05. The van der Waals surface area contributed by atoms with Gasteiger partial charge in [-0.15, -0.1) is 0 Å². The zero-order chi connectivity index (χ0) is 17.9. The third kappa shape index (κ3) is 3.81. The normalized spacial score (nSPS) is 13.4. The van der Waals surface area contributed by atoms with Crippen LogP contribution in [0, 0.1) is 6.92 Å².